The van der Waals surface area contributed by atoms with Crippen molar-refractivity contribution in [3.63, 3.8) is 0 Å². The van der Waals surface area contributed by atoms with Crippen LogP contribution >= 0.6 is 23.5 Å². The second-order valence-corrected chi connectivity index (χ2v) is 11.9. The Bertz CT molecular complexity index is 1220. The third-order valence-corrected chi connectivity index (χ3v) is 8.98. The molecule has 0 saturated carbocycles. The highest BCUT2D eigenvalue weighted by atomic mass is 32.2. The van der Waals surface area contributed by atoms with Crippen LogP contribution in [-0.4, -0.2) is 44.5 Å². The van der Waals surface area contributed by atoms with Crippen LogP contribution in [0.15, 0.2) is 75.5 Å². The zero-order chi connectivity index (χ0) is 24.2. The van der Waals surface area contributed by atoms with Gasteiger partial charge in [0, 0.05) is 24.8 Å². The van der Waals surface area contributed by atoms with E-state index in [-0.39, 0.29) is 11.5 Å². The number of carbonyl (C=O) groups excluding carboxylic acids is 1. The van der Waals surface area contributed by atoms with E-state index in [0.29, 0.717) is 28.6 Å². The van der Waals surface area contributed by atoms with Crippen molar-refractivity contribution in [1.29, 1.82) is 0 Å². The van der Waals surface area contributed by atoms with Gasteiger partial charge >= 0.3 is 0 Å². The summed E-state index contributed by atoms with van der Waals surface area (Å²) in [7, 11) is 0. The summed E-state index contributed by atoms with van der Waals surface area (Å²) in [5, 5.41) is 1.01. The van der Waals surface area contributed by atoms with E-state index in [4.69, 9.17) is 4.98 Å². The summed E-state index contributed by atoms with van der Waals surface area (Å²) in [5.74, 6) is 1.08. The summed E-state index contributed by atoms with van der Waals surface area (Å²) in [4.78, 5) is 34.0. The Morgan fingerprint density at radius 1 is 1.03 bits per heavy atom. The van der Waals surface area contributed by atoms with Gasteiger partial charge in [0.05, 0.1) is 22.9 Å². The molecular formula is C28H31N3O2S2. The van der Waals surface area contributed by atoms with Crippen LogP contribution in [0.3, 0.4) is 0 Å². The molecule has 0 aliphatic carbocycles. The molecule has 1 aromatic heterocycles. The SMILES string of the molecule is C[C@H]1Cc2nc(SCC(=O)N3CCC(Cc4ccccc4)CC3)n(Cc3ccccc3)c(=O)c2S1. The number of amides is 1. The van der Waals surface area contributed by atoms with Crippen molar-refractivity contribution in [3.8, 4) is 0 Å². The van der Waals surface area contributed by atoms with Crippen molar-refractivity contribution < 1.29 is 4.79 Å². The second kappa shape index (κ2) is 11.0. The Labute approximate surface area is 215 Å². The van der Waals surface area contributed by atoms with Crippen LogP contribution in [0, 0.1) is 5.92 Å². The molecule has 1 fully saturated rings. The minimum absolute atomic E-state index is 0.0184. The second-order valence-electron chi connectivity index (χ2n) is 9.48. The molecule has 2 aromatic carbocycles. The lowest BCUT2D eigenvalue weighted by Crippen LogP contribution is -2.40. The summed E-state index contributed by atoms with van der Waals surface area (Å²) in [6.07, 6.45) is 3.96. The lowest BCUT2D eigenvalue weighted by molar-refractivity contribution is -0.129. The molecule has 0 bridgehead atoms. The summed E-state index contributed by atoms with van der Waals surface area (Å²) in [5.41, 5.74) is 3.33. The van der Waals surface area contributed by atoms with Crippen molar-refractivity contribution in [2.45, 2.75) is 54.5 Å². The fraction of sp³-hybridized carbons (Fsp3) is 0.393. The summed E-state index contributed by atoms with van der Waals surface area (Å²) in [6, 6.07) is 20.6. The molecule has 0 N–H and O–H groups in total. The van der Waals surface area contributed by atoms with Gasteiger partial charge in [-0.05, 0) is 36.3 Å². The number of likely N-dealkylation sites (tertiary alicyclic amines) is 1. The molecule has 35 heavy (non-hydrogen) atoms. The molecule has 182 valence electrons. The number of piperidine rings is 1. The number of benzene rings is 2. The first kappa shape index (κ1) is 24.2. The predicted molar refractivity (Wildman–Crippen MR) is 143 cm³/mol. The van der Waals surface area contributed by atoms with Crippen LogP contribution in [-0.2, 0) is 24.2 Å². The maximum absolute atomic E-state index is 13.4. The first-order valence-electron chi connectivity index (χ1n) is 12.4. The summed E-state index contributed by atoms with van der Waals surface area (Å²) < 4.78 is 1.75. The van der Waals surface area contributed by atoms with E-state index in [2.05, 4.69) is 37.3 Å². The molecule has 2 aliphatic rings. The number of hydrogen-bond donors (Lipinski definition) is 0. The maximum Gasteiger partial charge on any atom is 0.268 e. The molecule has 2 aliphatic heterocycles. The van der Waals surface area contributed by atoms with Gasteiger partial charge in [0.1, 0.15) is 0 Å². The lowest BCUT2D eigenvalue weighted by atomic mass is 9.90. The maximum atomic E-state index is 13.4. The molecule has 5 rings (SSSR count). The zero-order valence-electron chi connectivity index (χ0n) is 20.1. The van der Waals surface area contributed by atoms with E-state index >= 15 is 0 Å². The van der Waals surface area contributed by atoms with E-state index in [0.717, 1.165) is 54.9 Å². The van der Waals surface area contributed by atoms with Crippen LogP contribution in [0.4, 0.5) is 0 Å². The topological polar surface area (TPSA) is 55.2 Å². The number of thioether (sulfide) groups is 2. The Kier molecular flexibility index (Phi) is 7.63. The van der Waals surface area contributed by atoms with Gasteiger partial charge in [0.2, 0.25) is 5.91 Å². The molecule has 3 aromatic rings. The highest BCUT2D eigenvalue weighted by Crippen LogP contribution is 2.34. The number of aromatic nitrogens is 2. The van der Waals surface area contributed by atoms with Gasteiger partial charge in [-0.1, -0.05) is 79.3 Å². The van der Waals surface area contributed by atoms with Gasteiger partial charge in [0.25, 0.3) is 5.56 Å². The van der Waals surface area contributed by atoms with Gasteiger partial charge in [-0.15, -0.1) is 11.8 Å². The molecule has 0 unspecified atom stereocenters. The normalized spacial score (nSPS) is 18.0. The van der Waals surface area contributed by atoms with E-state index in [9.17, 15) is 9.59 Å². The highest BCUT2D eigenvalue weighted by molar-refractivity contribution is 8.00. The zero-order valence-corrected chi connectivity index (χ0v) is 21.7. The summed E-state index contributed by atoms with van der Waals surface area (Å²) in [6.45, 7) is 4.21. The number of nitrogens with zero attached hydrogens (tertiary/aromatic N) is 3. The van der Waals surface area contributed by atoms with Crippen molar-refractivity contribution in [3.05, 3.63) is 87.8 Å². The van der Waals surface area contributed by atoms with E-state index < -0.39 is 0 Å². The molecule has 1 amide bonds. The fourth-order valence-corrected chi connectivity index (χ4v) is 6.93. The van der Waals surface area contributed by atoms with E-state index in [1.165, 1.54) is 17.3 Å². The Balaban J connectivity index is 1.24. The largest absolute Gasteiger partial charge is 0.342 e. The average molecular weight is 506 g/mol. The van der Waals surface area contributed by atoms with Crippen LogP contribution in [0.2, 0.25) is 0 Å². The first-order valence-corrected chi connectivity index (χ1v) is 14.2. The monoisotopic (exact) mass is 505 g/mol. The standard InChI is InChI=1S/C28H31N3O2S2/c1-20-16-24-26(35-20)27(33)31(18-23-10-6-3-7-11-23)28(29-24)34-19-25(32)30-14-12-22(13-15-30)17-21-8-4-2-5-9-21/h2-11,20,22H,12-19H2,1H3/t20-/m0/s1. The number of hydrogen-bond acceptors (Lipinski definition) is 5. The minimum Gasteiger partial charge on any atom is -0.342 e. The van der Waals surface area contributed by atoms with Crippen molar-refractivity contribution >= 4 is 29.4 Å². The molecule has 0 radical (unpaired) electrons. The van der Waals surface area contributed by atoms with Crippen molar-refractivity contribution in [2.24, 2.45) is 5.92 Å². The first-order chi connectivity index (χ1) is 17.1. The van der Waals surface area contributed by atoms with Crippen LogP contribution in [0.1, 0.15) is 36.6 Å². The fourth-order valence-electron chi connectivity index (χ4n) is 4.90. The third kappa shape index (κ3) is 5.84. The van der Waals surface area contributed by atoms with Gasteiger partial charge in [-0.2, -0.15) is 0 Å². The molecule has 1 atom stereocenters. The lowest BCUT2D eigenvalue weighted by Gasteiger charge is -2.32. The molecule has 1 saturated heterocycles. The molecule has 3 heterocycles. The quantitative estimate of drug-likeness (QED) is 0.338. The van der Waals surface area contributed by atoms with Gasteiger partial charge in [0.15, 0.2) is 5.16 Å². The highest BCUT2D eigenvalue weighted by Gasteiger charge is 2.28. The van der Waals surface area contributed by atoms with E-state index in [1.54, 1.807) is 16.3 Å². The van der Waals surface area contributed by atoms with Crippen LogP contribution < -0.4 is 5.56 Å². The molecule has 5 nitrogen and oxygen atoms in total. The molecular weight excluding hydrogens is 474 g/mol. The van der Waals surface area contributed by atoms with Crippen LogP contribution in [0.25, 0.3) is 0 Å². The van der Waals surface area contributed by atoms with Gasteiger partial charge in [-0.3, -0.25) is 14.2 Å². The van der Waals surface area contributed by atoms with Gasteiger partial charge < -0.3 is 4.90 Å². The third-order valence-electron chi connectivity index (χ3n) is 6.81. The predicted octanol–water partition coefficient (Wildman–Crippen LogP) is 4.90. The Morgan fingerprint density at radius 3 is 2.37 bits per heavy atom. The smallest absolute Gasteiger partial charge is 0.268 e. The number of rotatable bonds is 7. The average Bonchev–Trinajstić information content (AvgIpc) is 3.26. The Morgan fingerprint density at radius 2 is 1.69 bits per heavy atom. The number of carbonyl (C=O) groups is 1. The number of fused-ring (bicyclic) bond motifs is 1. The van der Waals surface area contributed by atoms with Gasteiger partial charge in [-0.25, -0.2) is 4.98 Å². The van der Waals surface area contributed by atoms with Crippen molar-refractivity contribution in [2.75, 3.05) is 18.8 Å². The molecule has 0 spiro atoms. The van der Waals surface area contributed by atoms with E-state index in [1.807, 2.05) is 35.2 Å². The molecule has 7 heteroatoms. The van der Waals surface area contributed by atoms with Crippen LogP contribution in [0.5, 0.6) is 0 Å². The summed E-state index contributed by atoms with van der Waals surface area (Å²) >= 11 is 3.02. The minimum atomic E-state index is 0.0184. The Hall–Kier alpha value is -2.51. The van der Waals surface area contributed by atoms with Crippen molar-refractivity contribution in [1.82, 2.24) is 14.5 Å².